The van der Waals surface area contributed by atoms with Gasteiger partial charge in [0.05, 0.1) is 5.92 Å². The fraction of sp³-hybridized carbons (Fsp3) is 0.438. The van der Waals surface area contributed by atoms with E-state index in [1.807, 2.05) is 6.92 Å². The predicted molar refractivity (Wildman–Crippen MR) is 79.1 cm³/mol. The molecule has 0 bridgehead atoms. The quantitative estimate of drug-likeness (QED) is 0.871. The Kier molecular flexibility index (Phi) is 3.92. The number of aromatic nitrogens is 2. The van der Waals surface area contributed by atoms with E-state index in [0.29, 0.717) is 24.7 Å². The van der Waals surface area contributed by atoms with Gasteiger partial charge >= 0.3 is 0 Å². The minimum Gasteiger partial charge on any atom is -0.339 e. The van der Waals surface area contributed by atoms with Gasteiger partial charge in [-0.3, -0.25) is 4.79 Å². The Balaban J connectivity index is 1.80. The first-order chi connectivity index (χ1) is 10.6. The zero-order chi connectivity index (χ0) is 15.7. The Morgan fingerprint density at radius 2 is 2.27 bits per heavy atom. The summed E-state index contributed by atoms with van der Waals surface area (Å²) in [6.07, 6.45) is 2.05. The lowest BCUT2D eigenvalue weighted by atomic mass is 10.1. The lowest BCUT2D eigenvalue weighted by Gasteiger charge is -2.18. The second-order valence-electron chi connectivity index (χ2n) is 5.64. The van der Waals surface area contributed by atoms with E-state index in [4.69, 9.17) is 4.52 Å². The Morgan fingerprint density at radius 1 is 1.45 bits per heavy atom. The molecule has 3 rings (SSSR count). The van der Waals surface area contributed by atoms with E-state index in [9.17, 15) is 9.18 Å². The van der Waals surface area contributed by atoms with Crippen molar-refractivity contribution in [2.24, 2.45) is 0 Å². The summed E-state index contributed by atoms with van der Waals surface area (Å²) in [6, 6.07) is 4.44. The van der Waals surface area contributed by atoms with Crippen LogP contribution < -0.4 is 4.90 Å². The average Bonchev–Trinajstić information content (AvgIpc) is 3.06. The standard InChI is InChI=1S/C16H18FN3O2/c1-3-4-14-18-16(22-19-14)11-8-15(21)20(9-11)13-6-5-12(17)7-10(13)2/h5-7,11H,3-4,8-9H2,1-2H3. The Labute approximate surface area is 128 Å². The van der Waals surface area contributed by atoms with E-state index in [1.165, 1.54) is 12.1 Å². The van der Waals surface area contributed by atoms with Gasteiger partial charge in [0.15, 0.2) is 5.82 Å². The van der Waals surface area contributed by atoms with E-state index < -0.39 is 0 Å². The molecule has 0 N–H and O–H groups in total. The van der Waals surface area contributed by atoms with Gasteiger partial charge in [-0.2, -0.15) is 4.98 Å². The summed E-state index contributed by atoms with van der Waals surface area (Å²) in [7, 11) is 0. The molecule has 1 aromatic heterocycles. The molecule has 1 aliphatic rings. The maximum absolute atomic E-state index is 13.2. The van der Waals surface area contributed by atoms with Gasteiger partial charge in [-0.1, -0.05) is 12.1 Å². The zero-order valence-electron chi connectivity index (χ0n) is 12.7. The van der Waals surface area contributed by atoms with Crippen molar-refractivity contribution >= 4 is 11.6 Å². The van der Waals surface area contributed by atoms with E-state index in [2.05, 4.69) is 10.1 Å². The van der Waals surface area contributed by atoms with E-state index in [-0.39, 0.29) is 17.6 Å². The van der Waals surface area contributed by atoms with Crippen molar-refractivity contribution in [1.29, 1.82) is 0 Å². The molecule has 1 unspecified atom stereocenters. The van der Waals surface area contributed by atoms with Crippen LogP contribution in [0.4, 0.5) is 10.1 Å². The van der Waals surface area contributed by atoms with Crippen molar-refractivity contribution in [3.63, 3.8) is 0 Å². The third-order valence-corrected chi connectivity index (χ3v) is 3.88. The number of carbonyl (C=O) groups excluding carboxylic acids is 1. The summed E-state index contributed by atoms with van der Waals surface area (Å²) in [5, 5.41) is 3.94. The van der Waals surface area contributed by atoms with Gasteiger partial charge in [0.1, 0.15) is 5.82 Å². The molecule has 22 heavy (non-hydrogen) atoms. The summed E-state index contributed by atoms with van der Waals surface area (Å²) in [6.45, 7) is 4.33. The molecule has 1 aliphatic heterocycles. The van der Waals surface area contributed by atoms with Crippen molar-refractivity contribution in [3.8, 4) is 0 Å². The Hall–Kier alpha value is -2.24. The predicted octanol–water partition coefficient (Wildman–Crippen LogP) is 2.99. The summed E-state index contributed by atoms with van der Waals surface area (Å²) in [5.41, 5.74) is 1.48. The minimum absolute atomic E-state index is 0.00468. The SMILES string of the molecule is CCCc1noc(C2CC(=O)N(c3ccc(F)cc3C)C2)n1. The molecule has 1 aromatic carbocycles. The van der Waals surface area contributed by atoms with Gasteiger partial charge in [0, 0.05) is 25.1 Å². The number of amides is 1. The van der Waals surface area contributed by atoms with Gasteiger partial charge in [-0.15, -0.1) is 0 Å². The van der Waals surface area contributed by atoms with Crippen LogP contribution in [0.5, 0.6) is 0 Å². The van der Waals surface area contributed by atoms with Crippen LogP contribution in [0.3, 0.4) is 0 Å². The fourth-order valence-electron chi connectivity index (χ4n) is 2.79. The van der Waals surface area contributed by atoms with Crippen LogP contribution in [-0.2, 0) is 11.2 Å². The second-order valence-corrected chi connectivity index (χ2v) is 5.64. The highest BCUT2D eigenvalue weighted by molar-refractivity contribution is 5.97. The summed E-state index contributed by atoms with van der Waals surface area (Å²) >= 11 is 0. The fourth-order valence-corrected chi connectivity index (χ4v) is 2.79. The maximum atomic E-state index is 13.2. The highest BCUT2D eigenvalue weighted by Crippen LogP contribution is 2.32. The lowest BCUT2D eigenvalue weighted by Crippen LogP contribution is -2.25. The first-order valence-electron chi connectivity index (χ1n) is 7.47. The van der Waals surface area contributed by atoms with Gasteiger partial charge in [-0.05, 0) is 37.1 Å². The lowest BCUT2D eigenvalue weighted by molar-refractivity contribution is -0.117. The Bertz CT molecular complexity index is 698. The van der Waals surface area contributed by atoms with E-state index in [1.54, 1.807) is 17.9 Å². The van der Waals surface area contributed by atoms with Crippen LogP contribution in [0.1, 0.15) is 43.0 Å². The van der Waals surface area contributed by atoms with Crippen LogP contribution in [0.25, 0.3) is 0 Å². The van der Waals surface area contributed by atoms with Gasteiger partial charge < -0.3 is 9.42 Å². The minimum atomic E-state index is -0.300. The van der Waals surface area contributed by atoms with Crippen molar-refractivity contribution in [1.82, 2.24) is 10.1 Å². The molecule has 0 aliphatic carbocycles. The van der Waals surface area contributed by atoms with Crippen molar-refractivity contribution in [2.75, 3.05) is 11.4 Å². The van der Waals surface area contributed by atoms with Gasteiger partial charge in [-0.25, -0.2) is 4.39 Å². The molecule has 5 nitrogen and oxygen atoms in total. The molecule has 1 saturated heterocycles. The third-order valence-electron chi connectivity index (χ3n) is 3.88. The van der Waals surface area contributed by atoms with Crippen LogP contribution >= 0.6 is 0 Å². The molecule has 6 heteroatoms. The molecular weight excluding hydrogens is 285 g/mol. The molecule has 0 spiro atoms. The van der Waals surface area contributed by atoms with Crippen LogP contribution in [0.2, 0.25) is 0 Å². The molecule has 1 fully saturated rings. The zero-order valence-corrected chi connectivity index (χ0v) is 12.7. The third kappa shape index (κ3) is 2.73. The smallest absolute Gasteiger partial charge is 0.232 e. The molecule has 1 amide bonds. The number of hydrogen-bond donors (Lipinski definition) is 0. The molecule has 2 aromatic rings. The topological polar surface area (TPSA) is 59.2 Å². The molecule has 1 atom stereocenters. The second kappa shape index (κ2) is 5.87. The average molecular weight is 303 g/mol. The van der Waals surface area contributed by atoms with Crippen LogP contribution in [-0.4, -0.2) is 22.6 Å². The van der Waals surface area contributed by atoms with Crippen LogP contribution in [0.15, 0.2) is 22.7 Å². The first kappa shape index (κ1) is 14.7. The molecule has 0 saturated carbocycles. The summed E-state index contributed by atoms with van der Waals surface area (Å²) in [4.78, 5) is 18.3. The molecule has 116 valence electrons. The number of aryl methyl sites for hydroxylation is 2. The summed E-state index contributed by atoms with van der Waals surface area (Å²) < 4.78 is 18.5. The maximum Gasteiger partial charge on any atom is 0.232 e. The van der Waals surface area contributed by atoms with Crippen molar-refractivity contribution in [3.05, 3.63) is 41.3 Å². The monoisotopic (exact) mass is 303 g/mol. The molecular formula is C16H18FN3O2. The number of halogens is 1. The van der Waals surface area contributed by atoms with Gasteiger partial charge in [0.2, 0.25) is 11.8 Å². The van der Waals surface area contributed by atoms with Crippen molar-refractivity contribution < 1.29 is 13.7 Å². The van der Waals surface area contributed by atoms with Gasteiger partial charge in [0.25, 0.3) is 0 Å². The number of benzene rings is 1. The van der Waals surface area contributed by atoms with Crippen molar-refractivity contribution in [2.45, 2.75) is 39.0 Å². The number of anilines is 1. The summed E-state index contributed by atoms with van der Waals surface area (Å²) in [5.74, 6) is 0.788. The highest BCUT2D eigenvalue weighted by Gasteiger charge is 2.35. The van der Waals surface area contributed by atoms with E-state index in [0.717, 1.165) is 24.1 Å². The number of carbonyl (C=O) groups is 1. The molecule has 2 heterocycles. The highest BCUT2D eigenvalue weighted by atomic mass is 19.1. The Morgan fingerprint density at radius 3 is 3.00 bits per heavy atom. The number of rotatable bonds is 4. The number of nitrogens with zero attached hydrogens (tertiary/aromatic N) is 3. The van der Waals surface area contributed by atoms with Crippen LogP contribution in [0, 0.1) is 12.7 Å². The first-order valence-corrected chi connectivity index (χ1v) is 7.47. The molecule has 0 radical (unpaired) electrons. The number of hydrogen-bond acceptors (Lipinski definition) is 4. The normalized spacial score (nSPS) is 18.2. The van der Waals surface area contributed by atoms with E-state index >= 15 is 0 Å². The largest absolute Gasteiger partial charge is 0.339 e.